The Morgan fingerprint density at radius 2 is 2.25 bits per heavy atom. The van der Waals surface area contributed by atoms with Gasteiger partial charge in [0.25, 0.3) is 0 Å². The van der Waals surface area contributed by atoms with Crippen molar-refractivity contribution >= 4 is 40.0 Å². The van der Waals surface area contributed by atoms with Gasteiger partial charge in [-0.05, 0) is 13.1 Å². The molecule has 0 unspecified atom stereocenters. The van der Waals surface area contributed by atoms with Crippen molar-refractivity contribution in [3.8, 4) is 0 Å². The lowest BCUT2D eigenvalue weighted by Crippen LogP contribution is -2.40. The number of halogens is 2. The maximum absolute atomic E-state index is 12.0. The molecule has 1 aromatic carbocycles. The van der Waals surface area contributed by atoms with Crippen LogP contribution in [0, 0.1) is 0 Å². The molecule has 0 spiro atoms. The lowest BCUT2D eigenvalue weighted by atomic mass is 10.0. The van der Waals surface area contributed by atoms with Gasteiger partial charge in [0.2, 0.25) is 5.91 Å². The minimum absolute atomic E-state index is 0.118. The Morgan fingerprint density at radius 1 is 1.45 bits per heavy atom. The third kappa shape index (κ3) is 2.18. The molecule has 6 heteroatoms. The lowest BCUT2D eigenvalue weighted by Gasteiger charge is -2.27. The van der Waals surface area contributed by atoms with Gasteiger partial charge in [0.05, 0.1) is 22.1 Å². The van der Waals surface area contributed by atoms with Crippen molar-refractivity contribution in [1.29, 1.82) is 0 Å². The molecule has 1 amide bonds. The molecule has 0 fully saturated rings. The van der Waals surface area contributed by atoms with E-state index in [0.29, 0.717) is 23.1 Å². The van der Waals surface area contributed by atoms with Crippen LogP contribution in [0.2, 0.25) is 10.0 Å². The number of fused-ring (bicyclic) bond motifs is 3. The summed E-state index contributed by atoms with van der Waals surface area (Å²) in [6.45, 7) is 1.71. The summed E-state index contributed by atoms with van der Waals surface area (Å²) in [5, 5.41) is 5.04. The van der Waals surface area contributed by atoms with Crippen LogP contribution in [-0.4, -0.2) is 35.9 Å². The number of aromatic nitrogens is 1. The molecule has 0 saturated carbocycles. The maximum atomic E-state index is 12.0. The molecule has 20 heavy (non-hydrogen) atoms. The molecule has 4 nitrogen and oxygen atoms in total. The number of carbonyl (C=O) groups excluding carboxylic acids is 1. The van der Waals surface area contributed by atoms with E-state index in [2.05, 4.69) is 10.3 Å². The first-order valence-electron chi connectivity index (χ1n) is 6.51. The zero-order chi connectivity index (χ0) is 14.3. The van der Waals surface area contributed by atoms with Gasteiger partial charge in [-0.25, -0.2) is 0 Å². The van der Waals surface area contributed by atoms with Crippen LogP contribution in [-0.2, 0) is 17.8 Å². The first-order valence-corrected chi connectivity index (χ1v) is 7.27. The van der Waals surface area contributed by atoms with Crippen molar-refractivity contribution in [2.24, 2.45) is 0 Å². The number of H-pyrrole nitrogens is 1. The smallest absolute Gasteiger partial charge is 0.236 e. The molecule has 1 aromatic heterocycles. The molecule has 106 valence electrons. The summed E-state index contributed by atoms with van der Waals surface area (Å²) < 4.78 is 0. The van der Waals surface area contributed by atoms with E-state index in [1.165, 1.54) is 0 Å². The van der Waals surface area contributed by atoms with Crippen molar-refractivity contribution in [2.75, 3.05) is 20.1 Å². The van der Waals surface area contributed by atoms with Crippen LogP contribution in [0.15, 0.2) is 12.1 Å². The first kappa shape index (κ1) is 13.7. The summed E-state index contributed by atoms with van der Waals surface area (Å²) in [6, 6.07) is 3.76. The molecule has 0 radical (unpaired) electrons. The van der Waals surface area contributed by atoms with Crippen LogP contribution in [0.5, 0.6) is 0 Å². The zero-order valence-electron chi connectivity index (χ0n) is 11.1. The van der Waals surface area contributed by atoms with Gasteiger partial charge in [0.1, 0.15) is 0 Å². The highest BCUT2D eigenvalue weighted by Crippen LogP contribution is 2.35. The van der Waals surface area contributed by atoms with Crippen LogP contribution in [0.1, 0.15) is 11.3 Å². The highest BCUT2D eigenvalue weighted by Gasteiger charge is 2.24. The Labute approximate surface area is 127 Å². The number of aromatic amines is 1. The summed E-state index contributed by atoms with van der Waals surface area (Å²) in [7, 11) is 1.78. The van der Waals surface area contributed by atoms with E-state index in [1.54, 1.807) is 13.1 Å². The number of nitrogens with zero attached hydrogens (tertiary/aromatic N) is 1. The minimum Gasteiger partial charge on any atom is -0.357 e. The average molecular weight is 312 g/mol. The van der Waals surface area contributed by atoms with Crippen LogP contribution >= 0.6 is 23.2 Å². The molecular weight excluding hydrogens is 297 g/mol. The van der Waals surface area contributed by atoms with Gasteiger partial charge >= 0.3 is 0 Å². The molecule has 2 heterocycles. The second kappa shape index (κ2) is 5.28. The number of likely N-dealkylation sites (N-methyl/N-ethyl adjacent to an activating group) is 1. The third-order valence-electron chi connectivity index (χ3n) is 3.72. The standard InChI is InChI=1S/C14H15Cl2N3O/c1-17-6-12(20)19-5-4-11-9(7-19)8-2-3-10(15)13(16)14(8)18-11/h2-3,17-18H,4-7H2,1H3. The van der Waals surface area contributed by atoms with Crippen LogP contribution in [0.3, 0.4) is 0 Å². The fraction of sp³-hybridized carbons (Fsp3) is 0.357. The van der Waals surface area contributed by atoms with E-state index >= 15 is 0 Å². The summed E-state index contributed by atoms with van der Waals surface area (Å²) in [5.41, 5.74) is 3.17. The largest absolute Gasteiger partial charge is 0.357 e. The molecule has 0 saturated heterocycles. The molecule has 3 rings (SSSR count). The number of hydrogen-bond acceptors (Lipinski definition) is 2. The number of amides is 1. The van der Waals surface area contributed by atoms with Crippen molar-refractivity contribution in [1.82, 2.24) is 15.2 Å². The highest BCUT2D eigenvalue weighted by molar-refractivity contribution is 6.45. The van der Waals surface area contributed by atoms with Crippen LogP contribution < -0.4 is 5.32 Å². The van der Waals surface area contributed by atoms with Crippen molar-refractivity contribution in [3.05, 3.63) is 33.4 Å². The SMILES string of the molecule is CNCC(=O)N1CCc2[nH]c3c(Cl)c(Cl)ccc3c2C1. The van der Waals surface area contributed by atoms with Crippen molar-refractivity contribution < 1.29 is 4.79 Å². The van der Waals surface area contributed by atoms with Gasteiger partial charge in [-0.15, -0.1) is 0 Å². The van der Waals surface area contributed by atoms with Gasteiger partial charge in [-0.2, -0.15) is 0 Å². The lowest BCUT2D eigenvalue weighted by molar-refractivity contribution is -0.131. The minimum atomic E-state index is 0.118. The molecule has 0 atom stereocenters. The fourth-order valence-corrected chi connectivity index (χ4v) is 3.07. The van der Waals surface area contributed by atoms with E-state index < -0.39 is 0 Å². The summed E-state index contributed by atoms with van der Waals surface area (Å²) in [6.07, 6.45) is 0.813. The van der Waals surface area contributed by atoms with Gasteiger partial charge in [0, 0.05) is 36.2 Å². The molecule has 2 aromatic rings. The van der Waals surface area contributed by atoms with Gasteiger partial charge in [-0.1, -0.05) is 29.3 Å². The first-order chi connectivity index (χ1) is 9.61. The summed E-state index contributed by atoms with van der Waals surface area (Å²) in [5.74, 6) is 0.118. The number of benzene rings is 1. The molecule has 2 N–H and O–H groups in total. The monoisotopic (exact) mass is 311 g/mol. The van der Waals surface area contributed by atoms with Crippen LogP contribution in [0.4, 0.5) is 0 Å². The third-order valence-corrected chi connectivity index (χ3v) is 4.53. The summed E-state index contributed by atoms with van der Waals surface area (Å²) in [4.78, 5) is 17.2. The second-order valence-electron chi connectivity index (χ2n) is 4.96. The topological polar surface area (TPSA) is 48.1 Å². The Bertz CT molecular complexity index is 681. The van der Waals surface area contributed by atoms with Gasteiger partial charge in [0.15, 0.2) is 0 Å². The van der Waals surface area contributed by atoms with Gasteiger partial charge < -0.3 is 15.2 Å². The number of hydrogen-bond donors (Lipinski definition) is 2. The Morgan fingerprint density at radius 3 is 3.00 bits per heavy atom. The van der Waals surface area contributed by atoms with Crippen LogP contribution in [0.25, 0.3) is 10.9 Å². The molecular formula is C14H15Cl2N3O. The fourth-order valence-electron chi connectivity index (χ4n) is 2.70. The quantitative estimate of drug-likeness (QED) is 0.895. The molecule has 0 bridgehead atoms. The predicted molar refractivity (Wildman–Crippen MR) is 81.4 cm³/mol. The van der Waals surface area contributed by atoms with Gasteiger partial charge in [-0.3, -0.25) is 4.79 Å². The highest BCUT2D eigenvalue weighted by atomic mass is 35.5. The Kier molecular flexibility index (Phi) is 3.63. The number of nitrogens with one attached hydrogen (secondary N) is 2. The van der Waals surface area contributed by atoms with E-state index in [9.17, 15) is 4.79 Å². The van der Waals surface area contributed by atoms with E-state index in [-0.39, 0.29) is 5.91 Å². The molecule has 1 aliphatic rings. The number of rotatable bonds is 2. The maximum Gasteiger partial charge on any atom is 0.236 e. The average Bonchev–Trinajstić information content (AvgIpc) is 2.81. The number of carbonyl (C=O) groups is 1. The van der Waals surface area contributed by atoms with E-state index in [4.69, 9.17) is 23.2 Å². The van der Waals surface area contributed by atoms with E-state index in [0.717, 1.165) is 35.1 Å². The normalized spacial score (nSPS) is 14.7. The molecule has 1 aliphatic heterocycles. The Balaban J connectivity index is 2.01. The van der Waals surface area contributed by atoms with Crippen molar-refractivity contribution in [2.45, 2.75) is 13.0 Å². The second-order valence-corrected chi connectivity index (χ2v) is 5.75. The predicted octanol–water partition coefficient (Wildman–Crippen LogP) is 2.58. The molecule has 0 aliphatic carbocycles. The Hall–Kier alpha value is -1.23. The summed E-state index contributed by atoms with van der Waals surface area (Å²) >= 11 is 12.3. The van der Waals surface area contributed by atoms with Crippen molar-refractivity contribution in [3.63, 3.8) is 0 Å². The zero-order valence-corrected chi connectivity index (χ0v) is 12.6. The van der Waals surface area contributed by atoms with E-state index in [1.807, 2.05) is 11.0 Å².